The van der Waals surface area contributed by atoms with Crippen LogP contribution in [-0.4, -0.2) is 10.2 Å². The van der Waals surface area contributed by atoms with Crippen molar-refractivity contribution in [2.24, 2.45) is 0 Å². The molecule has 0 N–H and O–H groups in total. The van der Waals surface area contributed by atoms with Crippen LogP contribution in [0.25, 0.3) is 0 Å². The van der Waals surface area contributed by atoms with Crippen molar-refractivity contribution in [1.29, 1.82) is 0 Å². The predicted octanol–water partition coefficient (Wildman–Crippen LogP) is 1.86. The molecule has 0 saturated carbocycles. The molecule has 0 aliphatic heterocycles. The van der Waals surface area contributed by atoms with Gasteiger partial charge in [-0.3, -0.25) is 0 Å². The smallest absolute Gasteiger partial charge is 0.131 e. The molecule has 1 aromatic heterocycles. The minimum Gasteiger partial charge on any atom is -0.155 e. The Hall–Kier alpha value is -0.440. The van der Waals surface area contributed by atoms with Crippen molar-refractivity contribution >= 4 is 15.9 Å². The molecule has 0 saturated heterocycles. The first-order valence-corrected chi connectivity index (χ1v) is 3.46. The van der Waals surface area contributed by atoms with Gasteiger partial charge in [0.15, 0.2) is 0 Å². The highest BCUT2D eigenvalue weighted by Gasteiger charge is 1.94. The molecule has 9 heavy (non-hydrogen) atoms. The molecule has 0 radical (unpaired) electrons. The quantitative estimate of drug-likeness (QED) is 0.619. The van der Waals surface area contributed by atoms with Crippen LogP contribution in [0.1, 0.15) is 11.3 Å². The summed E-state index contributed by atoms with van der Waals surface area (Å²) in [5.74, 6) is 0. The van der Waals surface area contributed by atoms with Crippen LogP contribution in [0.4, 0.5) is 0 Å². The third kappa shape index (κ3) is 1.48. The first-order chi connectivity index (χ1) is 4.20. The standard InChI is InChI=1S/C6H7BrN2/c1-4-3-5(2)8-9-6(4)7/h3H,1-2H3. The van der Waals surface area contributed by atoms with Gasteiger partial charge in [0.1, 0.15) is 4.60 Å². The Kier molecular flexibility index (Phi) is 1.81. The minimum atomic E-state index is 0.827. The van der Waals surface area contributed by atoms with Gasteiger partial charge < -0.3 is 0 Å². The molecule has 0 atom stereocenters. The highest BCUT2D eigenvalue weighted by molar-refractivity contribution is 9.10. The Bertz CT molecular complexity index is 222. The van der Waals surface area contributed by atoms with Gasteiger partial charge in [0, 0.05) is 0 Å². The summed E-state index contributed by atoms with van der Waals surface area (Å²) in [7, 11) is 0. The van der Waals surface area contributed by atoms with Crippen LogP contribution in [0.3, 0.4) is 0 Å². The van der Waals surface area contributed by atoms with Crippen molar-refractivity contribution in [3.05, 3.63) is 21.9 Å². The van der Waals surface area contributed by atoms with E-state index in [1.807, 2.05) is 19.9 Å². The molecule has 0 aliphatic carbocycles. The SMILES string of the molecule is Cc1cc(C)c(Br)nn1. The van der Waals surface area contributed by atoms with Gasteiger partial charge in [0.2, 0.25) is 0 Å². The summed E-state index contributed by atoms with van der Waals surface area (Å²) in [6.45, 7) is 3.91. The zero-order valence-corrected chi connectivity index (χ0v) is 6.94. The molecule has 0 bridgehead atoms. The van der Waals surface area contributed by atoms with Gasteiger partial charge in [0.25, 0.3) is 0 Å². The second kappa shape index (κ2) is 2.43. The van der Waals surface area contributed by atoms with E-state index in [0.717, 1.165) is 15.9 Å². The molecule has 1 heterocycles. The maximum Gasteiger partial charge on any atom is 0.131 e. The molecule has 3 heteroatoms. The van der Waals surface area contributed by atoms with Gasteiger partial charge in [-0.15, -0.1) is 5.10 Å². The first kappa shape index (κ1) is 6.68. The summed E-state index contributed by atoms with van der Waals surface area (Å²) in [6, 6.07) is 1.98. The molecule has 0 fully saturated rings. The van der Waals surface area contributed by atoms with Crippen LogP contribution in [-0.2, 0) is 0 Å². The summed E-state index contributed by atoms with van der Waals surface area (Å²) in [4.78, 5) is 0. The van der Waals surface area contributed by atoms with Gasteiger partial charge in [-0.2, -0.15) is 5.10 Å². The Morgan fingerprint density at radius 2 is 2.00 bits per heavy atom. The van der Waals surface area contributed by atoms with Crippen LogP contribution in [0.15, 0.2) is 10.7 Å². The zero-order chi connectivity index (χ0) is 6.85. The number of hydrogen-bond donors (Lipinski definition) is 0. The van der Waals surface area contributed by atoms with Crippen LogP contribution in [0.5, 0.6) is 0 Å². The maximum atomic E-state index is 3.84. The Morgan fingerprint density at radius 3 is 2.44 bits per heavy atom. The lowest BCUT2D eigenvalue weighted by molar-refractivity contribution is 0.943. The number of nitrogens with zero attached hydrogens (tertiary/aromatic N) is 2. The fourth-order valence-electron chi connectivity index (χ4n) is 0.603. The van der Waals surface area contributed by atoms with E-state index in [4.69, 9.17) is 0 Å². The lowest BCUT2D eigenvalue weighted by atomic mass is 10.3. The van der Waals surface area contributed by atoms with E-state index in [1.165, 1.54) is 0 Å². The normalized spacial score (nSPS) is 9.67. The van der Waals surface area contributed by atoms with Crippen LogP contribution < -0.4 is 0 Å². The van der Waals surface area contributed by atoms with Gasteiger partial charge in [-0.25, -0.2) is 0 Å². The van der Waals surface area contributed by atoms with Crippen molar-refractivity contribution in [3.63, 3.8) is 0 Å². The fourth-order valence-corrected chi connectivity index (χ4v) is 0.797. The summed E-state index contributed by atoms with van der Waals surface area (Å²) in [6.07, 6.45) is 0. The molecule has 1 aromatic rings. The summed E-state index contributed by atoms with van der Waals surface area (Å²) in [5.41, 5.74) is 2.08. The van der Waals surface area contributed by atoms with E-state index in [1.54, 1.807) is 0 Å². The molecule has 0 aromatic carbocycles. The van der Waals surface area contributed by atoms with Gasteiger partial charge in [-0.1, -0.05) is 0 Å². The van der Waals surface area contributed by atoms with Gasteiger partial charge in [0.05, 0.1) is 5.69 Å². The summed E-state index contributed by atoms with van der Waals surface area (Å²) in [5, 5.41) is 7.69. The average molecular weight is 187 g/mol. The van der Waals surface area contributed by atoms with Gasteiger partial charge in [-0.05, 0) is 41.4 Å². The molecule has 2 nitrogen and oxygen atoms in total. The van der Waals surface area contributed by atoms with E-state index in [2.05, 4.69) is 26.1 Å². The monoisotopic (exact) mass is 186 g/mol. The van der Waals surface area contributed by atoms with Crippen molar-refractivity contribution in [1.82, 2.24) is 10.2 Å². The number of halogens is 1. The van der Waals surface area contributed by atoms with Crippen molar-refractivity contribution < 1.29 is 0 Å². The Morgan fingerprint density at radius 1 is 1.33 bits per heavy atom. The molecular weight excluding hydrogens is 180 g/mol. The molecular formula is C6H7BrN2. The van der Waals surface area contributed by atoms with Crippen LogP contribution >= 0.6 is 15.9 Å². The predicted molar refractivity (Wildman–Crippen MR) is 39.2 cm³/mol. The second-order valence-corrected chi connectivity index (χ2v) is 2.71. The number of rotatable bonds is 0. The lowest BCUT2D eigenvalue weighted by Crippen LogP contribution is -1.88. The van der Waals surface area contributed by atoms with E-state index >= 15 is 0 Å². The second-order valence-electron chi connectivity index (χ2n) is 1.96. The zero-order valence-electron chi connectivity index (χ0n) is 5.35. The largest absolute Gasteiger partial charge is 0.155 e. The molecule has 0 spiro atoms. The summed E-state index contributed by atoms with van der Waals surface area (Å²) < 4.78 is 0.827. The molecule has 48 valence electrons. The van der Waals surface area contributed by atoms with E-state index in [0.29, 0.717) is 0 Å². The third-order valence-electron chi connectivity index (χ3n) is 1.05. The highest BCUT2D eigenvalue weighted by atomic mass is 79.9. The molecule has 0 aliphatic rings. The highest BCUT2D eigenvalue weighted by Crippen LogP contribution is 2.10. The Balaban J connectivity index is 3.17. The van der Waals surface area contributed by atoms with Crippen molar-refractivity contribution in [2.75, 3.05) is 0 Å². The molecule has 0 unspecified atom stereocenters. The number of hydrogen-bond acceptors (Lipinski definition) is 2. The van der Waals surface area contributed by atoms with E-state index in [-0.39, 0.29) is 0 Å². The Labute approximate surface area is 62.4 Å². The fraction of sp³-hybridized carbons (Fsp3) is 0.333. The lowest BCUT2D eigenvalue weighted by Gasteiger charge is -1.94. The van der Waals surface area contributed by atoms with Gasteiger partial charge >= 0.3 is 0 Å². The maximum absolute atomic E-state index is 3.84. The molecule has 1 rings (SSSR count). The van der Waals surface area contributed by atoms with E-state index < -0.39 is 0 Å². The van der Waals surface area contributed by atoms with Crippen LogP contribution in [0.2, 0.25) is 0 Å². The van der Waals surface area contributed by atoms with Crippen molar-refractivity contribution in [3.8, 4) is 0 Å². The van der Waals surface area contributed by atoms with Crippen LogP contribution in [0, 0.1) is 13.8 Å². The number of aromatic nitrogens is 2. The first-order valence-electron chi connectivity index (χ1n) is 2.66. The molecule has 0 amide bonds. The third-order valence-corrected chi connectivity index (χ3v) is 1.83. The number of aryl methyl sites for hydroxylation is 2. The minimum absolute atomic E-state index is 0.827. The average Bonchev–Trinajstić information content (AvgIpc) is 1.80. The van der Waals surface area contributed by atoms with Crippen molar-refractivity contribution in [2.45, 2.75) is 13.8 Å². The topological polar surface area (TPSA) is 25.8 Å². The summed E-state index contributed by atoms with van der Waals surface area (Å²) >= 11 is 3.26. The van der Waals surface area contributed by atoms with E-state index in [9.17, 15) is 0 Å².